The number of fused-ring (bicyclic) bond motifs is 1. The van der Waals surface area contributed by atoms with Gasteiger partial charge in [-0.2, -0.15) is 0 Å². The van der Waals surface area contributed by atoms with Gasteiger partial charge in [0, 0.05) is 6.42 Å². The zero-order valence-electron chi connectivity index (χ0n) is 11.6. The van der Waals surface area contributed by atoms with Crippen molar-refractivity contribution in [3.63, 3.8) is 0 Å². The van der Waals surface area contributed by atoms with E-state index in [0.29, 0.717) is 40.4 Å². The first-order chi connectivity index (χ1) is 10.6. The van der Waals surface area contributed by atoms with E-state index < -0.39 is 5.82 Å². The van der Waals surface area contributed by atoms with Gasteiger partial charge in [0.2, 0.25) is 0 Å². The van der Waals surface area contributed by atoms with Crippen molar-refractivity contribution in [1.82, 2.24) is 9.55 Å². The highest BCUT2D eigenvalue weighted by Crippen LogP contribution is 2.20. The molecule has 0 spiro atoms. The molecule has 4 nitrogen and oxygen atoms in total. The van der Waals surface area contributed by atoms with Gasteiger partial charge in [-0.3, -0.25) is 9.36 Å². The Kier molecular flexibility index (Phi) is 3.92. The smallest absolute Gasteiger partial charge is 0.267 e. The molecule has 6 heteroatoms. The molecule has 3 rings (SSSR count). The summed E-state index contributed by atoms with van der Waals surface area (Å²) in [5.74, 6) is 0.0511. The van der Waals surface area contributed by atoms with Crippen molar-refractivity contribution in [3.8, 4) is 5.69 Å². The van der Waals surface area contributed by atoms with Gasteiger partial charge in [-0.25, -0.2) is 9.37 Å². The molecule has 0 unspecified atom stereocenters. The lowest BCUT2D eigenvalue weighted by atomic mass is 10.2. The summed E-state index contributed by atoms with van der Waals surface area (Å²) in [6, 6.07) is 10.9. The lowest BCUT2D eigenvalue weighted by Gasteiger charge is -2.13. The van der Waals surface area contributed by atoms with Crippen molar-refractivity contribution in [3.05, 3.63) is 69.5 Å². The number of rotatable bonds is 3. The van der Waals surface area contributed by atoms with E-state index in [0.717, 1.165) is 0 Å². The van der Waals surface area contributed by atoms with E-state index >= 15 is 0 Å². The maximum Gasteiger partial charge on any atom is 0.267 e. The molecule has 0 aliphatic carbocycles. The fourth-order valence-corrected chi connectivity index (χ4v) is 2.66. The van der Waals surface area contributed by atoms with Crippen LogP contribution in [0.2, 0.25) is 5.02 Å². The molecule has 1 aromatic heterocycles. The van der Waals surface area contributed by atoms with E-state index in [4.69, 9.17) is 17.3 Å². The molecule has 0 bridgehead atoms. The molecule has 0 saturated carbocycles. The normalized spacial score (nSPS) is 11.0. The zero-order valence-corrected chi connectivity index (χ0v) is 12.3. The number of halogens is 2. The van der Waals surface area contributed by atoms with Crippen molar-refractivity contribution >= 4 is 22.5 Å². The maximum absolute atomic E-state index is 13.5. The van der Waals surface area contributed by atoms with Gasteiger partial charge in [-0.05, 0) is 36.9 Å². The average molecular weight is 318 g/mol. The summed E-state index contributed by atoms with van der Waals surface area (Å²) >= 11 is 6.13. The Balaban J connectivity index is 2.41. The third-order valence-corrected chi connectivity index (χ3v) is 3.67. The number of nitrogens with two attached hydrogens (primary N) is 1. The van der Waals surface area contributed by atoms with Crippen LogP contribution in [0.15, 0.2) is 47.3 Å². The van der Waals surface area contributed by atoms with Crippen molar-refractivity contribution in [1.29, 1.82) is 0 Å². The molecule has 0 atom stereocenters. The van der Waals surface area contributed by atoms with Crippen LogP contribution in [0.3, 0.4) is 0 Å². The topological polar surface area (TPSA) is 60.9 Å². The Morgan fingerprint density at radius 3 is 2.73 bits per heavy atom. The summed E-state index contributed by atoms with van der Waals surface area (Å²) in [5.41, 5.74) is 6.19. The molecule has 22 heavy (non-hydrogen) atoms. The molecule has 3 aromatic rings. The standard InChI is InChI=1S/C16H13ClFN3O/c17-12-5-2-6-13-15(12)16(22)21(14(20-13)7-8-19)11-4-1-3-10(18)9-11/h1-6,9H,7-8,19H2. The van der Waals surface area contributed by atoms with Crippen LogP contribution in [0.25, 0.3) is 16.6 Å². The van der Waals surface area contributed by atoms with Gasteiger partial charge in [0.05, 0.1) is 21.6 Å². The molecule has 2 aromatic carbocycles. The van der Waals surface area contributed by atoms with Crippen LogP contribution in [-0.4, -0.2) is 16.1 Å². The number of benzene rings is 2. The molecule has 112 valence electrons. The van der Waals surface area contributed by atoms with E-state index in [1.807, 2.05) is 0 Å². The minimum Gasteiger partial charge on any atom is -0.330 e. The fraction of sp³-hybridized carbons (Fsp3) is 0.125. The van der Waals surface area contributed by atoms with Crippen molar-refractivity contribution < 1.29 is 4.39 Å². The number of nitrogens with zero attached hydrogens (tertiary/aromatic N) is 2. The first-order valence-corrected chi connectivity index (χ1v) is 7.16. The average Bonchev–Trinajstić information content (AvgIpc) is 2.47. The highest BCUT2D eigenvalue weighted by molar-refractivity contribution is 6.35. The monoisotopic (exact) mass is 317 g/mol. The molecule has 0 aliphatic heterocycles. The first-order valence-electron chi connectivity index (χ1n) is 6.78. The minimum atomic E-state index is -0.428. The van der Waals surface area contributed by atoms with Crippen LogP contribution < -0.4 is 11.3 Å². The SMILES string of the molecule is NCCc1nc2cccc(Cl)c2c(=O)n1-c1cccc(F)c1. The molecule has 0 radical (unpaired) electrons. The molecular weight excluding hydrogens is 305 g/mol. The van der Waals surface area contributed by atoms with Crippen LogP contribution in [0.5, 0.6) is 0 Å². The predicted octanol–water partition coefficient (Wildman–Crippen LogP) is 2.68. The second kappa shape index (κ2) is 5.87. The largest absolute Gasteiger partial charge is 0.330 e. The second-order valence-corrected chi connectivity index (χ2v) is 5.23. The second-order valence-electron chi connectivity index (χ2n) is 4.82. The maximum atomic E-state index is 13.5. The van der Waals surface area contributed by atoms with Gasteiger partial charge in [-0.1, -0.05) is 23.7 Å². The van der Waals surface area contributed by atoms with Crippen LogP contribution in [0, 0.1) is 5.82 Å². The van der Waals surface area contributed by atoms with E-state index in [9.17, 15) is 9.18 Å². The number of hydrogen-bond donors (Lipinski definition) is 1. The van der Waals surface area contributed by atoms with Crippen LogP contribution >= 0.6 is 11.6 Å². The molecule has 0 saturated heterocycles. The Bertz CT molecular complexity index is 908. The Hall–Kier alpha value is -2.24. The van der Waals surface area contributed by atoms with Crippen molar-refractivity contribution in [2.75, 3.05) is 6.54 Å². The summed E-state index contributed by atoms with van der Waals surface area (Å²) in [6.45, 7) is 0.327. The lowest BCUT2D eigenvalue weighted by Crippen LogP contribution is -2.25. The third-order valence-electron chi connectivity index (χ3n) is 3.35. The van der Waals surface area contributed by atoms with Gasteiger partial charge >= 0.3 is 0 Å². The van der Waals surface area contributed by atoms with Crippen LogP contribution in [0.1, 0.15) is 5.82 Å². The fourth-order valence-electron chi connectivity index (χ4n) is 2.41. The lowest BCUT2D eigenvalue weighted by molar-refractivity contribution is 0.625. The van der Waals surface area contributed by atoms with Gasteiger partial charge in [0.25, 0.3) is 5.56 Å². The quantitative estimate of drug-likeness (QED) is 0.808. The Labute approximate surface area is 131 Å². The minimum absolute atomic E-state index is 0.314. The summed E-state index contributed by atoms with van der Waals surface area (Å²) in [7, 11) is 0. The third kappa shape index (κ3) is 2.49. The molecule has 1 heterocycles. The first kappa shape index (κ1) is 14.7. The van der Waals surface area contributed by atoms with E-state index in [2.05, 4.69) is 4.98 Å². The summed E-state index contributed by atoms with van der Waals surface area (Å²) in [5, 5.41) is 0.633. The van der Waals surface area contributed by atoms with Crippen LogP contribution in [0.4, 0.5) is 4.39 Å². The van der Waals surface area contributed by atoms with Crippen molar-refractivity contribution in [2.24, 2.45) is 5.73 Å². The van der Waals surface area contributed by atoms with Crippen LogP contribution in [-0.2, 0) is 6.42 Å². The molecule has 0 aliphatic rings. The number of aromatic nitrogens is 2. The summed E-state index contributed by atoms with van der Waals surface area (Å²) in [4.78, 5) is 17.3. The molecule has 0 fully saturated rings. The van der Waals surface area contributed by atoms with Gasteiger partial charge in [0.1, 0.15) is 11.6 Å². The van der Waals surface area contributed by atoms with Gasteiger partial charge < -0.3 is 5.73 Å². The van der Waals surface area contributed by atoms with Gasteiger partial charge in [-0.15, -0.1) is 0 Å². The molecule has 2 N–H and O–H groups in total. The highest BCUT2D eigenvalue weighted by Gasteiger charge is 2.14. The highest BCUT2D eigenvalue weighted by atomic mass is 35.5. The summed E-state index contributed by atoms with van der Waals surface area (Å²) in [6.07, 6.45) is 0.397. The van der Waals surface area contributed by atoms with E-state index in [1.165, 1.54) is 16.7 Å². The molecular formula is C16H13ClFN3O. The number of hydrogen-bond acceptors (Lipinski definition) is 3. The Morgan fingerprint density at radius 2 is 2.00 bits per heavy atom. The van der Waals surface area contributed by atoms with Gasteiger partial charge in [0.15, 0.2) is 0 Å². The predicted molar refractivity (Wildman–Crippen MR) is 85.1 cm³/mol. The van der Waals surface area contributed by atoms with E-state index in [1.54, 1.807) is 30.3 Å². The zero-order chi connectivity index (χ0) is 15.7. The van der Waals surface area contributed by atoms with Crippen molar-refractivity contribution in [2.45, 2.75) is 6.42 Å². The molecule has 0 amide bonds. The summed E-state index contributed by atoms with van der Waals surface area (Å²) < 4.78 is 14.9. The Morgan fingerprint density at radius 1 is 1.23 bits per heavy atom. The van der Waals surface area contributed by atoms with E-state index in [-0.39, 0.29) is 5.56 Å².